The molecule has 8 heteroatoms. The summed E-state index contributed by atoms with van der Waals surface area (Å²) in [4.78, 5) is 20.8. The average molecular weight is 416 g/mol. The second kappa shape index (κ2) is 6.31. The lowest BCUT2D eigenvalue weighted by Crippen LogP contribution is -1.95. The SMILES string of the molecule is O=[N+]([O-])c1cc(Cc2ccc(Br)c([N+](=O)[O-])c2)ccc1Br. The van der Waals surface area contributed by atoms with Crippen LogP contribution in [-0.4, -0.2) is 9.85 Å². The highest BCUT2D eigenvalue weighted by Crippen LogP contribution is 2.29. The van der Waals surface area contributed by atoms with Gasteiger partial charge in [-0.05, 0) is 61.5 Å². The van der Waals surface area contributed by atoms with Crippen LogP contribution in [0.15, 0.2) is 45.3 Å². The molecule has 0 N–H and O–H groups in total. The monoisotopic (exact) mass is 414 g/mol. The third kappa shape index (κ3) is 3.64. The van der Waals surface area contributed by atoms with Crippen molar-refractivity contribution >= 4 is 43.2 Å². The highest BCUT2D eigenvalue weighted by molar-refractivity contribution is 9.11. The van der Waals surface area contributed by atoms with E-state index in [9.17, 15) is 20.2 Å². The lowest BCUT2D eigenvalue weighted by atomic mass is 10.0. The van der Waals surface area contributed by atoms with Crippen LogP contribution < -0.4 is 0 Å². The summed E-state index contributed by atoms with van der Waals surface area (Å²) in [6.07, 6.45) is 0.377. The molecule has 0 bridgehead atoms. The Morgan fingerprint density at radius 2 is 1.19 bits per heavy atom. The standard InChI is InChI=1S/C13H8Br2N2O4/c14-10-3-1-8(6-12(10)16(18)19)5-9-2-4-11(15)13(7-9)17(20)21/h1-4,6-7H,5H2. The van der Waals surface area contributed by atoms with Crippen molar-refractivity contribution in [2.75, 3.05) is 0 Å². The fraction of sp³-hybridized carbons (Fsp3) is 0.0769. The smallest absolute Gasteiger partial charge is 0.258 e. The number of halogens is 2. The van der Waals surface area contributed by atoms with E-state index >= 15 is 0 Å². The van der Waals surface area contributed by atoms with E-state index in [1.54, 1.807) is 24.3 Å². The van der Waals surface area contributed by atoms with E-state index in [4.69, 9.17) is 0 Å². The molecule has 0 aliphatic rings. The van der Waals surface area contributed by atoms with Gasteiger partial charge in [0.25, 0.3) is 11.4 Å². The molecule has 0 amide bonds. The zero-order valence-electron chi connectivity index (χ0n) is 10.5. The van der Waals surface area contributed by atoms with Crippen LogP contribution >= 0.6 is 31.9 Å². The van der Waals surface area contributed by atoms with Crippen LogP contribution in [0.1, 0.15) is 11.1 Å². The highest BCUT2D eigenvalue weighted by atomic mass is 79.9. The summed E-state index contributed by atoms with van der Waals surface area (Å²) in [5.41, 5.74) is 1.36. The van der Waals surface area contributed by atoms with E-state index in [1.807, 2.05) is 0 Å². The van der Waals surface area contributed by atoms with Gasteiger partial charge in [0.1, 0.15) is 0 Å². The molecule has 0 spiro atoms. The van der Waals surface area contributed by atoms with E-state index in [0.29, 0.717) is 26.5 Å². The van der Waals surface area contributed by atoms with E-state index in [0.717, 1.165) is 0 Å². The van der Waals surface area contributed by atoms with Gasteiger partial charge in [-0.15, -0.1) is 0 Å². The van der Waals surface area contributed by atoms with Crippen LogP contribution in [0.2, 0.25) is 0 Å². The van der Waals surface area contributed by atoms with Crippen molar-refractivity contribution in [3.8, 4) is 0 Å². The van der Waals surface area contributed by atoms with E-state index in [2.05, 4.69) is 31.9 Å². The Morgan fingerprint density at radius 3 is 1.52 bits per heavy atom. The Hall–Kier alpha value is -1.80. The molecule has 21 heavy (non-hydrogen) atoms. The minimum atomic E-state index is -0.475. The van der Waals surface area contributed by atoms with Crippen LogP contribution in [0, 0.1) is 20.2 Å². The Labute approximate surface area is 136 Å². The molecule has 108 valence electrons. The summed E-state index contributed by atoms with van der Waals surface area (Å²) in [6.45, 7) is 0. The fourth-order valence-electron chi connectivity index (χ4n) is 1.85. The lowest BCUT2D eigenvalue weighted by molar-refractivity contribution is -0.385. The predicted molar refractivity (Wildman–Crippen MR) is 84.4 cm³/mol. The first-order chi connectivity index (χ1) is 9.88. The highest BCUT2D eigenvalue weighted by Gasteiger charge is 2.15. The molecule has 0 unspecified atom stereocenters. The molecule has 0 heterocycles. The largest absolute Gasteiger partial charge is 0.283 e. The van der Waals surface area contributed by atoms with Crippen molar-refractivity contribution in [2.45, 2.75) is 6.42 Å². The molecule has 0 aliphatic heterocycles. The zero-order chi connectivity index (χ0) is 15.6. The van der Waals surface area contributed by atoms with Crippen LogP contribution in [0.5, 0.6) is 0 Å². The first kappa shape index (κ1) is 15.6. The van der Waals surface area contributed by atoms with Crippen molar-refractivity contribution in [1.29, 1.82) is 0 Å². The van der Waals surface area contributed by atoms with Gasteiger partial charge in [-0.1, -0.05) is 12.1 Å². The fourth-order valence-corrected chi connectivity index (χ4v) is 2.63. The molecule has 0 radical (unpaired) electrons. The Kier molecular flexibility index (Phi) is 4.69. The minimum Gasteiger partial charge on any atom is -0.258 e. The number of nitro benzene ring substituents is 2. The third-order valence-electron chi connectivity index (χ3n) is 2.82. The van der Waals surface area contributed by atoms with Gasteiger partial charge in [-0.3, -0.25) is 20.2 Å². The Balaban J connectivity index is 2.34. The van der Waals surface area contributed by atoms with Gasteiger partial charge in [0, 0.05) is 12.1 Å². The third-order valence-corrected chi connectivity index (χ3v) is 4.16. The van der Waals surface area contributed by atoms with Gasteiger partial charge in [-0.25, -0.2) is 0 Å². The second-order valence-electron chi connectivity index (χ2n) is 4.26. The molecule has 6 nitrogen and oxygen atoms in total. The second-order valence-corrected chi connectivity index (χ2v) is 5.97. The maximum atomic E-state index is 10.9. The van der Waals surface area contributed by atoms with Crippen LogP contribution in [0.3, 0.4) is 0 Å². The average Bonchev–Trinajstić information content (AvgIpc) is 2.42. The molecule has 2 aromatic rings. The van der Waals surface area contributed by atoms with E-state index in [1.165, 1.54) is 12.1 Å². The number of rotatable bonds is 4. The van der Waals surface area contributed by atoms with Crippen LogP contribution in [0.4, 0.5) is 11.4 Å². The molecule has 0 saturated carbocycles. The van der Waals surface area contributed by atoms with Crippen molar-refractivity contribution in [1.82, 2.24) is 0 Å². The summed E-state index contributed by atoms with van der Waals surface area (Å²) in [5.74, 6) is 0. The van der Waals surface area contributed by atoms with E-state index < -0.39 is 9.85 Å². The Morgan fingerprint density at radius 1 is 0.810 bits per heavy atom. The molecular weight excluding hydrogens is 408 g/mol. The quantitative estimate of drug-likeness (QED) is 0.538. The van der Waals surface area contributed by atoms with Gasteiger partial charge in [0.05, 0.1) is 18.8 Å². The number of hydrogen-bond acceptors (Lipinski definition) is 4. The molecule has 0 aromatic heterocycles. The van der Waals surface area contributed by atoms with Gasteiger partial charge in [0.2, 0.25) is 0 Å². The predicted octanol–water partition coefficient (Wildman–Crippen LogP) is 4.62. The summed E-state index contributed by atoms with van der Waals surface area (Å²) in [7, 11) is 0. The first-order valence-electron chi connectivity index (χ1n) is 5.74. The van der Waals surface area contributed by atoms with Gasteiger partial charge in [-0.2, -0.15) is 0 Å². The maximum Gasteiger partial charge on any atom is 0.283 e. The molecule has 0 aliphatic carbocycles. The lowest BCUT2D eigenvalue weighted by Gasteiger charge is -2.04. The van der Waals surface area contributed by atoms with Crippen LogP contribution in [-0.2, 0) is 6.42 Å². The minimum absolute atomic E-state index is 0.0286. The number of nitrogens with zero attached hydrogens (tertiary/aromatic N) is 2. The molecular formula is C13H8Br2N2O4. The van der Waals surface area contributed by atoms with Crippen molar-refractivity contribution < 1.29 is 9.85 Å². The topological polar surface area (TPSA) is 86.3 Å². The molecule has 0 fully saturated rings. The number of nitro groups is 2. The normalized spacial score (nSPS) is 10.4. The maximum absolute atomic E-state index is 10.9. The summed E-state index contributed by atoms with van der Waals surface area (Å²) < 4.78 is 0.802. The molecule has 2 rings (SSSR count). The molecule has 0 saturated heterocycles. The first-order valence-corrected chi connectivity index (χ1v) is 7.32. The molecule has 0 atom stereocenters. The van der Waals surface area contributed by atoms with Gasteiger partial charge >= 0.3 is 0 Å². The van der Waals surface area contributed by atoms with Crippen LogP contribution in [0.25, 0.3) is 0 Å². The van der Waals surface area contributed by atoms with Gasteiger partial charge < -0.3 is 0 Å². The van der Waals surface area contributed by atoms with Gasteiger partial charge in [0.15, 0.2) is 0 Å². The van der Waals surface area contributed by atoms with Crippen molar-refractivity contribution in [2.24, 2.45) is 0 Å². The summed E-state index contributed by atoms with van der Waals surface area (Å²) >= 11 is 6.24. The molecule has 2 aromatic carbocycles. The zero-order valence-corrected chi connectivity index (χ0v) is 13.6. The van der Waals surface area contributed by atoms with E-state index in [-0.39, 0.29) is 11.4 Å². The van der Waals surface area contributed by atoms with Crippen molar-refractivity contribution in [3.63, 3.8) is 0 Å². The summed E-state index contributed by atoms with van der Waals surface area (Å²) in [6, 6.07) is 9.59. The number of benzene rings is 2. The Bertz CT molecular complexity index is 673. The number of hydrogen-bond donors (Lipinski definition) is 0. The van der Waals surface area contributed by atoms with Crippen molar-refractivity contribution in [3.05, 3.63) is 76.7 Å². The summed E-state index contributed by atoms with van der Waals surface area (Å²) in [5, 5.41) is 21.8.